The molecule has 3 aliphatic rings. The van der Waals surface area contributed by atoms with Gasteiger partial charge >= 0.3 is 6.03 Å². The second-order valence-corrected chi connectivity index (χ2v) is 7.90. The molecule has 0 unspecified atom stereocenters. The number of rotatable bonds is 4. The topological polar surface area (TPSA) is 64.7 Å². The van der Waals surface area contributed by atoms with Crippen LogP contribution in [-0.2, 0) is 11.2 Å². The highest BCUT2D eigenvalue weighted by Crippen LogP contribution is 2.33. The van der Waals surface area contributed by atoms with Crippen LogP contribution in [-0.4, -0.2) is 48.6 Å². The van der Waals surface area contributed by atoms with Gasteiger partial charge in [-0.15, -0.1) is 0 Å². The van der Waals surface area contributed by atoms with Crippen molar-refractivity contribution >= 4 is 23.3 Å². The van der Waals surface area contributed by atoms with Gasteiger partial charge in [-0.25, -0.2) is 4.79 Å². The van der Waals surface area contributed by atoms with Crippen LogP contribution in [0.4, 0.5) is 16.2 Å². The van der Waals surface area contributed by atoms with Crippen molar-refractivity contribution in [1.29, 1.82) is 0 Å². The first-order valence-electron chi connectivity index (χ1n) is 10.4. The van der Waals surface area contributed by atoms with E-state index in [2.05, 4.69) is 15.5 Å². The van der Waals surface area contributed by atoms with E-state index in [9.17, 15) is 9.59 Å². The number of hydrogen-bond donors (Lipinski definition) is 2. The minimum atomic E-state index is -0.0667. The third kappa shape index (κ3) is 3.68. The number of urea groups is 1. The quantitative estimate of drug-likeness (QED) is 0.856. The summed E-state index contributed by atoms with van der Waals surface area (Å²) >= 11 is 0. The Morgan fingerprint density at radius 2 is 1.93 bits per heavy atom. The van der Waals surface area contributed by atoms with Gasteiger partial charge in [0.1, 0.15) is 0 Å². The lowest BCUT2D eigenvalue weighted by Crippen LogP contribution is -2.44. The van der Waals surface area contributed by atoms with Crippen LogP contribution >= 0.6 is 0 Å². The number of carbonyl (C=O) groups excluding carboxylic acids is 2. The molecular weight excluding hydrogens is 340 g/mol. The van der Waals surface area contributed by atoms with Crippen LogP contribution in [0, 0.1) is 0 Å². The van der Waals surface area contributed by atoms with E-state index < -0.39 is 0 Å². The van der Waals surface area contributed by atoms with Crippen molar-refractivity contribution in [3.63, 3.8) is 0 Å². The summed E-state index contributed by atoms with van der Waals surface area (Å²) in [5, 5.41) is 5.98. The van der Waals surface area contributed by atoms with Crippen molar-refractivity contribution in [2.45, 2.75) is 64.0 Å². The van der Waals surface area contributed by atoms with E-state index in [1.54, 1.807) is 4.90 Å². The second-order valence-electron chi connectivity index (χ2n) is 7.90. The predicted octanol–water partition coefficient (Wildman–Crippen LogP) is 3.12. The molecular formula is C21H30N4O2. The fourth-order valence-corrected chi connectivity index (χ4v) is 4.88. The molecule has 2 heterocycles. The molecule has 0 bridgehead atoms. The molecule has 146 valence electrons. The summed E-state index contributed by atoms with van der Waals surface area (Å²) < 4.78 is 0. The molecule has 0 radical (unpaired) electrons. The lowest BCUT2D eigenvalue weighted by atomic mass is 10.1. The van der Waals surface area contributed by atoms with Crippen molar-refractivity contribution in [3.05, 3.63) is 23.8 Å². The Labute approximate surface area is 161 Å². The largest absolute Gasteiger partial charge is 0.338 e. The number of amides is 3. The maximum atomic E-state index is 13.0. The van der Waals surface area contributed by atoms with Crippen LogP contribution in [0.15, 0.2) is 18.2 Å². The third-order valence-electron chi connectivity index (χ3n) is 6.21. The Balaban J connectivity index is 1.46. The number of carbonyl (C=O) groups is 2. The number of likely N-dealkylation sites (tertiary alicyclic amines) is 1. The Morgan fingerprint density at radius 3 is 2.70 bits per heavy atom. The standard InChI is InChI=1S/C21H30N4O2/c1-2-22-21(27)25-13-11-15-9-10-16(14-19(15)25)23-20(26)18-8-5-12-24(18)17-6-3-4-7-17/h9-10,14,17-18H,2-8,11-13H2,1H3,(H,22,27)(H,23,26)/t18-/m0/s1. The summed E-state index contributed by atoms with van der Waals surface area (Å²) in [6.45, 7) is 4.26. The Kier molecular flexibility index (Phi) is 5.34. The fourth-order valence-electron chi connectivity index (χ4n) is 4.88. The van der Waals surface area contributed by atoms with Gasteiger partial charge in [-0.05, 0) is 63.3 Å². The molecule has 2 N–H and O–H groups in total. The van der Waals surface area contributed by atoms with Gasteiger partial charge in [0.05, 0.1) is 11.7 Å². The monoisotopic (exact) mass is 370 g/mol. The average Bonchev–Trinajstić information content (AvgIpc) is 3.40. The lowest BCUT2D eigenvalue weighted by molar-refractivity contribution is -0.121. The van der Waals surface area contributed by atoms with Crippen molar-refractivity contribution in [3.8, 4) is 0 Å². The Bertz CT molecular complexity index is 714. The molecule has 1 saturated heterocycles. The molecule has 1 aliphatic carbocycles. The number of nitrogens with one attached hydrogen (secondary N) is 2. The SMILES string of the molecule is CCNC(=O)N1CCc2ccc(NC(=O)[C@@H]3CCCN3C3CCCC3)cc21. The lowest BCUT2D eigenvalue weighted by Gasteiger charge is -2.29. The van der Waals surface area contributed by atoms with Gasteiger partial charge in [-0.3, -0.25) is 14.6 Å². The molecule has 6 nitrogen and oxygen atoms in total. The first kappa shape index (κ1) is 18.3. The molecule has 3 amide bonds. The van der Waals surface area contributed by atoms with Crippen molar-refractivity contribution in [1.82, 2.24) is 10.2 Å². The van der Waals surface area contributed by atoms with E-state index in [1.807, 2.05) is 25.1 Å². The van der Waals surface area contributed by atoms with E-state index in [0.717, 1.165) is 42.7 Å². The molecule has 1 saturated carbocycles. The third-order valence-corrected chi connectivity index (χ3v) is 6.21. The van der Waals surface area contributed by atoms with E-state index in [4.69, 9.17) is 0 Å². The Hall–Kier alpha value is -2.08. The zero-order valence-electron chi connectivity index (χ0n) is 16.2. The van der Waals surface area contributed by atoms with Gasteiger partial charge in [-0.1, -0.05) is 18.9 Å². The van der Waals surface area contributed by atoms with Gasteiger partial charge in [0, 0.05) is 24.8 Å². The molecule has 2 fully saturated rings. The van der Waals surface area contributed by atoms with Crippen LogP contribution in [0.2, 0.25) is 0 Å². The summed E-state index contributed by atoms with van der Waals surface area (Å²) in [5.74, 6) is 0.0990. The summed E-state index contributed by atoms with van der Waals surface area (Å²) in [6, 6.07) is 6.45. The van der Waals surface area contributed by atoms with E-state index in [-0.39, 0.29) is 18.0 Å². The smallest absolute Gasteiger partial charge is 0.321 e. The summed E-state index contributed by atoms with van der Waals surface area (Å²) in [4.78, 5) is 29.4. The van der Waals surface area contributed by atoms with E-state index in [1.165, 1.54) is 25.7 Å². The van der Waals surface area contributed by atoms with Gasteiger partial charge in [0.2, 0.25) is 5.91 Å². The van der Waals surface area contributed by atoms with Gasteiger partial charge in [0.15, 0.2) is 0 Å². The van der Waals surface area contributed by atoms with Gasteiger partial charge in [0.25, 0.3) is 0 Å². The molecule has 27 heavy (non-hydrogen) atoms. The number of nitrogens with zero attached hydrogens (tertiary/aromatic N) is 2. The molecule has 1 aromatic rings. The summed E-state index contributed by atoms with van der Waals surface area (Å²) in [6.07, 6.45) is 7.93. The first-order valence-corrected chi connectivity index (χ1v) is 10.4. The maximum Gasteiger partial charge on any atom is 0.321 e. The van der Waals surface area contributed by atoms with Crippen molar-refractivity contribution in [2.24, 2.45) is 0 Å². The van der Waals surface area contributed by atoms with E-state index >= 15 is 0 Å². The average molecular weight is 370 g/mol. The number of fused-ring (bicyclic) bond motifs is 1. The van der Waals surface area contributed by atoms with Crippen molar-refractivity contribution in [2.75, 3.05) is 29.9 Å². The van der Waals surface area contributed by atoms with Gasteiger partial charge in [-0.2, -0.15) is 0 Å². The predicted molar refractivity (Wildman–Crippen MR) is 107 cm³/mol. The zero-order valence-corrected chi connectivity index (χ0v) is 16.2. The van der Waals surface area contributed by atoms with Crippen LogP contribution in [0.1, 0.15) is 51.0 Å². The minimum absolute atomic E-state index is 0.0131. The Morgan fingerprint density at radius 1 is 1.11 bits per heavy atom. The van der Waals surface area contributed by atoms with Crippen LogP contribution in [0.5, 0.6) is 0 Å². The van der Waals surface area contributed by atoms with Crippen LogP contribution in [0.3, 0.4) is 0 Å². The maximum absolute atomic E-state index is 13.0. The fraction of sp³-hybridized carbons (Fsp3) is 0.619. The molecule has 1 aromatic carbocycles. The highest BCUT2D eigenvalue weighted by atomic mass is 16.2. The molecule has 2 aliphatic heterocycles. The molecule has 1 atom stereocenters. The second kappa shape index (κ2) is 7.89. The normalized spacial score (nSPS) is 22.9. The summed E-state index contributed by atoms with van der Waals surface area (Å²) in [7, 11) is 0. The van der Waals surface area contributed by atoms with Crippen molar-refractivity contribution < 1.29 is 9.59 Å². The summed E-state index contributed by atoms with van der Waals surface area (Å²) in [5.41, 5.74) is 2.86. The number of benzene rings is 1. The molecule has 6 heteroatoms. The van der Waals surface area contributed by atoms with Crippen LogP contribution < -0.4 is 15.5 Å². The first-order chi connectivity index (χ1) is 13.2. The number of anilines is 2. The van der Waals surface area contributed by atoms with Gasteiger partial charge < -0.3 is 10.6 Å². The zero-order chi connectivity index (χ0) is 18.8. The molecule has 0 aromatic heterocycles. The molecule has 0 spiro atoms. The molecule has 4 rings (SSSR count). The van der Waals surface area contributed by atoms with Crippen LogP contribution in [0.25, 0.3) is 0 Å². The highest BCUT2D eigenvalue weighted by Gasteiger charge is 2.36. The number of hydrogen-bond acceptors (Lipinski definition) is 3. The minimum Gasteiger partial charge on any atom is -0.338 e. The highest BCUT2D eigenvalue weighted by molar-refractivity contribution is 5.98. The van der Waals surface area contributed by atoms with E-state index in [0.29, 0.717) is 19.1 Å².